The second-order valence-corrected chi connectivity index (χ2v) is 8.76. The minimum absolute atomic E-state index is 0.0309. The molecule has 11 nitrogen and oxygen atoms in total. The number of ether oxygens (including phenoxy) is 4. The lowest BCUT2D eigenvalue weighted by Gasteiger charge is -2.23. The number of amides is 1. The lowest BCUT2D eigenvalue weighted by Crippen LogP contribution is -2.40. The van der Waals surface area contributed by atoms with Crippen LogP contribution in [0.3, 0.4) is 0 Å². The van der Waals surface area contributed by atoms with Gasteiger partial charge in [-0.25, -0.2) is 9.59 Å². The van der Waals surface area contributed by atoms with Gasteiger partial charge >= 0.3 is 23.7 Å². The van der Waals surface area contributed by atoms with E-state index in [0.717, 1.165) is 10.3 Å². The predicted molar refractivity (Wildman–Crippen MR) is 120 cm³/mol. The third-order valence-electron chi connectivity index (χ3n) is 4.15. The summed E-state index contributed by atoms with van der Waals surface area (Å²) < 4.78 is 22.9. The number of halogens is 1. The molecule has 0 saturated carbocycles. The second-order valence-electron chi connectivity index (χ2n) is 6.61. The topological polar surface area (TPSA) is 135 Å². The Balaban J connectivity index is 2.22. The molecular formula is C18H24IN3O8S. The first-order valence-corrected chi connectivity index (χ1v) is 11.8. The third-order valence-corrected chi connectivity index (χ3v) is 5.64. The molecule has 0 bridgehead atoms. The summed E-state index contributed by atoms with van der Waals surface area (Å²) in [6.45, 7) is 4.31. The molecule has 0 spiro atoms. The quantitative estimate of drug-likeness (QED) is 0.214. The van der Waals surface area contributed by atoms with Crippen LogP contribution < -0.4 is 11.0 Å². The molecule has 0 unspecified atom stereocenters. The maximum atomic E-state index is 12.7. The molecular weight excluding hydrogens is 545 g/mol. The second kappa shape index (κ2) is 11.7. The summed E-state index contributed by atoms with van der Waals surface area (Å²) in [5.41, 5.74) is -0.754. The molecule has 1 aromatic rings. The van der Waals surface area contributed by atoms with Gasteiger partial charge in [0.25, 0.3) is 0 Å². The zero-order valence-electron chi connectivity index (χ0n) is 17.5. The molecule has 1 aliphatic heterocycles. The molecule has 1 saturated heterocycles. The van der Waals surface area contributed by atoms with Crippen LogP contribution in [-0.2, 0) is 28.5 Å². The van der Waals surface area contributed by atoms with Crippen LogP contribution in [0.2, 0.25) is 0 Å². The minimum atomic E-state index is -1.07. The van der Waals surface area contributed by atoms with Gasteiger partial charge in [0, 0.05) is 20.0 Å². The summed E-state index contributed by atoms with van der Waals surface area (Å²) >= 11 is 3.53. The molecule has 0 aromatic carbocycles. The van der Waals surface area contributed by atoms with E-state index in [2.05, 4.69) is 10.3 Å². The van der Waals surface area contributed by atoms with E-state index in [9.17, 15) is 19.2 Å². The Morgan fingerprint density at radius 3 is 2.52 bits per heavy atom. The van der Waals surface area contributed by atoms with Crippen molar-refractivity contribution in [3.05, 3.63) is 20.3 Å². The standard InChI is InChI=1S/C18H24IN3O8S/c1-9-13(29-10(2)23)14(30-11(3)24)16(28-9)22-8-12(19)15(20-17(22)25)21-18(26)27-6-5-7-31-4/h8-9,13-14,16H,5-7H2,1-4H3,(H,20,21,25,26)/t9-,13-,14-,16-/m1/s1. The van der Waals surface area contributed by atoms with Crippen molar-refractivity contribution in [2.75, 3.05) is 23.9 Å². The summed E-state index contributed by atoms with van der Waals surface area (Å²) in [5.74, 6) is -0.309. The predicted octanol–water partition coefficient (Wildman–Crippen LogP) is 1.93. The van der Waals surface area contributed by atoms with Crippen molar-refractivity contribution in [2.45, 2.75) is 51.7 Å². The fourth-order valence-electron chi connectivity index (χ4n) is 2.92. The highest BCUT2D eigenvalue weighted by molar-refractivity contribution is 14.1. The molecule has 172 valence electrons. The molecule has 1 N–H and O–H groups in total. The van der Waals surface area contributed by atoms with Gasteiger partial charge in [-0.3, -0.25) is 19.5 Å². The Kier molecular flexibility index (Phi) is 9.55. The first kappa shape index (κ1) is 25.4. The molecule has 1 fully saturated rings. The molecule has 31 heavy (non-hydrogen) atoms. The van der Waals surface area contributed by atoms with Gasteiger partial charge in [-0.2, -0.15) is 16.7 Å². The summed E-state index contributed by atoms with van der Waals surface area (Å²) in [6.07, 6.45) is -0.307. The van der Waals surface area contributed by atoms with Gasteiger partial charge in [-0.05, 0) is 47.9 Å². The normalized spacial score (nSPS) is 22.6. The fourth-order valence-corrected chi connectivity index (χ4v) is 3.88. The largest absolute Gasteiger partial charge is 0.456 e. The lowest BCUT2D eigenvalue weighted by atomic mass is 10.1. The molecule has 1 amide bonds. The number of aromatic nitrogens is 2. The van der Waals surface area contributed by atoms with Crippen LogP contribution >= 0.6 is 34.4 Å². The number of rotatable bonds is 8. The van der Waals surface area contributed by atoms with Gasteiger partial charge in [0.15, 0.2) is 24.3 Å². The number of carbonyl (C=O) groups is 3. The Morgan fingerprint density at radius 2 is 1.90 bits per heavy atom. The SMILES string of the molecule is CSCCCOC(=O)Nc1nc(=O)n([C@@H]2O[C@H](C)[C@@H](OC(C)=O)[C@H]2OC(C)=O)cc1I. The Labute approximate surface area is 196 Å². The summed E-state index contributed by atoms with van der Waals surface area (Å²) in [5, 5.41) is 2.44. The first-order chi connectivity index (χ1) is 14.6. The average Bonchev–Trinajstić information content (AvgIpc) is 2.96. The monoisotopic (exact) mass is 569 g/mol. The van der Waals surface area contributed by atoms with Crippen LogP contribution in [0.15, 0.2) is 11.0 Å². The fraction of sp³-hybridized carbons (Fsp3) is 0.611. The van der Waals surface area contributed by atoms with E-state index in [0.29, 0.717) is 9.99 Å². The van der Waals surface area contributed by atoms with E-state index in [-0.39, 0.29) is 12.4 Å². The van der Waals surface area contributed by atoms with Crippen LogP contribution in [0.4, 0.5) is 10.6 Å². The van der Waals surface area contributed by atoms with Gasteiger partial charge in [-0.15, -0.1) is 0 Å². The summed E-state index contributed by atoms with van der Waals surface area (Å²) in [4.78, 5) is 51.5. The van der Waals surface area contributed by atoms with Crippen molar-refractivity contribution in [3.8, 4) is 0 Å². The van der Waals surface area contributed by atoms with Gasteiger partial charge < -0.3 is 18.9 Å². The minimum Gasteiger partial charge on any atom is -0.456 e. The van der Waals surface area contributed by atoms with Gasteiger partial charge in [0.05, 0.1) is 16.3 Å². The maximum Gasteiger partial charge on any atom is 0.412 e. The molecule has 0 radical (unpaired) electrons. The number of anilines is 1. The van der Waals surface area contributed by atoms with E-state index in [1.54, 1.807) is 18.7 Å². The number of thioether (sulfide) groups is 1. The van der Waals surface area contributed by atoms with Crippen LogP contribution in [0, 0.1) is 3.57 Å². The Morgan fingerprint density at radius 1 is 1.26 bits per heavy atom. The number of hydrogen-bond acceptors (Lipinski definition) is 10. The molecule has 2 rings (SSSR count). The number of nitrogens with zero attached hydrogens (tertiary/aromatic N) is 2. The molecule has 2 heterocycles. The van der Waals surface area contributed by atoms with Gasteiger partial charge in [-0.1, -0.05) is 0 Å². The first-order valence-electron chi connectivity index (χ1n) is 9.35. The number of hydrogen-bond donors (Lipinski definition) is 1. The number of carbonyl (C=O) groups excluding carboxylic acids is 3. The summed E-state index contributed by atoms with van der Waals surface area (Å²) in [7, 11) is 0. The Hall–Kier alpha value is -1.87. The molecule has 1 aromatic heterocycles. The van der Waals surface area contributed by atoms with E-state index < -0.39 is 48.3 Å². The van der Waals surface area contributed by atoms with Gasteiger partial charge in [0.1, 0.15) is 0 Å². The Bertz CT molecular complexity index is 880. The van der Waals surface area contributed by atoms with Gasteiger partial charge in [0.2, 0.25) is 0 Å². The van der Waals surface area contributed by atoms with Crippen molar-refractivity contribution < 1.29 is 33.3 Å². The highest BCUT2D eigenvalue weighted by atomic mass is 127. The van der Waals surface area contributed by atoms with Crippen molar-refractivity contribution in [1.29, 1.82) is 0 Å². The number of nitrogens with one attached hydrogen (secondary N) is 1. The molecule has 13 heteroatoms. The maximum absolute atomic E-state index is 12.7. The summed E-state index contributed by atoms with van der Waals surface area (Å²) in [6, 6.07) is 0. The molecule has 1 aliphatic rings. The van der Waals surface area contributed by atoms with E-state index in [4.69, 9.17) is 18.9 Å². The van der Waals surface area contributed by atoms with Crippen LogP contribution in [-0.4, -0.2) is 64.5 Å². The van der Waals surface area contributed by atoms with Crippen LogP contribution in [0.5, 0.6) is 0 Å². The molecule has 4 atom stereocenters. The van der Waals surface area contributed by atoms with Crippen LogP contribution in [0.1, 0.15) is 33.4 Å². The highest BCUT2D eigenvalue weighted by Crippen LogP contribution is 2.33. The third kappa shape index (κ3) is 7.07. The van der Waals surface area contributed by atoms with Crippen molar-refractivity contribution in [2.24, 2.45) is 0 Å². The van der Waals surface area contributed by atoms with E-state index >= 15 is 0 Å². The smallest absolute Gasteiger partial charge is 0.412 e. The lowest BCUT2D eigenvalue weighted by molar-refractivity contribution is -0.165. The zero-order valence-corrected chi connectivity index (χ0v) is 20.4. The van der Waals surface area contributed by atoms with Crippen molar-refractivity contribution in [3.63, 3.8) is 0 Å². The molecule has 0 aliphatic carbocycles. The van der Waals surface area contributed by atoms with Crippen molar-refractivity contribution >= 4 is 58.2 Å². The number of esters is 2. The van der Waals surface area contributed by atoms with Crippen molar-refractivity contribution in [1.82, 2.24) is 9.55 Å². The van der Waals surface area contributed by atoms with E-state index in [1.807, 2.05) is 28.8 Å². The van der Waals surface area contributed by atoms with E-state index in [1.165, 1.54) is 20.0 Å². The highest BCUT2D eigenvalue weighted by Gasteiger charge is 2.48. The zero-order chi connectivity index (χ0) is 23.1. The average molecular weight is 569 g/mol. The van der Waals surface area contributed by atoms with Crippen LogP contribution in [0.25, 0.3) is 0 Å².